The number of ether oxygens (including phenoxy) is 1. The number of hydrogen-bond acceptors (Lipinski definition) is 2. The van der Waals surface area contributed by atoms with Crippen molar-refractivity contribution in [3.8, 4) is 67.1 Å². The van der Waals surface area contributed by atoms with Gasteiger partial charge in [-0.05, 0) is 80.6 Å². The van der Waals surface area contributed by atoms with Crippen LogP contribution in [0.1, 0.15) is 0 Å². The molecule has 0 spiro atoms. The van der Waals surface area contributed by atoms with Crippen LogP contribution in [0.5, 0.6) is 11.5 Å². The molecule has 0 saturated carbocycles. The van der Waals surface area contributed by atoms with Gasteiger partial charge in [-0.3, -0.25) is 0 Å². The van der Waals surface area contributed by atoms with Crippen LogP contribution in [-0.2, 0) is 0 Å². The Hall–Kier alpha value is -7.16. The van der Waals surface area contributed by atoms with Crippen molar-refractivity contribution < 1.29 is 4.74 Å². The normalized spacial score (nSPS) is 11.5. The Kier molecular flexibility index (Phi) is 7.85. The zero-order valence-electron chi connectivity index (χ0n) is 29.6. The van der Waals surface area contributed by atoms with Crippen molar-refractivity contribution in [1.29, 1.82) is 0 Å². The topological polar surface area (TPSA) is 12.5 Å². The minimum Gasteiger partial charge on any atom is -0.455 e. The number of nitrogens with zero attached hydrogens (tertiary/aromatic N) is 1. The van der Waals surface area contributed by atoms with Crippen LogP contribution >= 0.6 is 0 Å². The number of rotatable bonds is 6. The van der Waals surface area contributed by atoms with E-state index in [9.17, 15) is 0 Å². The maximum absolute atomic E-state index is 7.24. The minimum atomic E-state index is 0.813. The lowest BCUT2D eigenvalue weighted by Crippen LogP contribution is -2.11. The molecule has 2 heteroatoms. The summed E-state index contributed by atoms with van der Waals surface area (Å²) in [7, 11) is 0. The largest absolute Gasteiger partial charge is 0.455 e. The van der Waals surface area contributed by atoms with Crippen molar-refractivity contribution in [3.05, 3.63) is 212 Å². The van der Waals surface area contributed by atoms with Crippen LogP contribution < -0.4 is 9.64 Å². The quantitative estimate of drug-likeness (QED) is 0.172. The highest BCUT2D eigenvalue weighted by molar-refractivity contribution is 6.05. The molecule has 0 radical (unpaired) electrons. The Morgan fingerprint density at radius 3 is 1.57 bits per heavy atom. The average Bonchev–Trinajstić information content (AvgIpc) is 3.40. The van der Waals surface area contributed by atoms with Crippen LogP contribution in [0.25, 0.3) is 66.4 Å². The summed E-state index contributed by atoms with van der Waals surface area (Å²) in [5, 5.41) is 2.39. The molecule has 1 aliphatic rings. The molecule has 9 aromatic rings. The van der Waals surface area contributed by atoms with Crippen LogP contribution in [0.4, 0.5) is 17.1 Å². The zero-order valence-corrected chi connectivity index (χ0v) is 29.6. The lowest BCUT2D eigenvalue weighted by Gasteiger charge is -2.29. The van der Waals surface area contributed by atoms with E-state index < -0.39 is 0 Å². The molecule has 2 nitrogen and oxygen atoms in total. The maximum atomic E-state index is 7.24. The summed E-state index contributed by atoms with van der Waals surface area (Å²) < 4.78 is 7.24. The first kappa shape index (κ1) is 31.6. The zero-order chi connectivity index (χ0) is 35.8. The summed E-state index contributed by atoms with van der Waals surface area (Å²) in [4.78, 5) is 2.39. The highest BCUT2D eigenvalue weighted by Gasteiger charge is 2.30. The third kappa shape index (κ3) is 5.53. The molecule has 1 aliphatic heterocycles. The van der Waals surface area contributed by atoms with Gasteiger partial charge in [0, 0.05) is 33.6 Å². The molecule has 0 N–H and O–H groups in total. The first-order valence-corrected chi connectivity index (χ1v) is 18.4. The second-order valence-corrected chi connectivity index (χ2v) is 13.7. The van der Waals surface area contributed by atoms with Crippen molar-refractivity contribution in [2.45, 2.75) is 0 Å². The number of hydrogen-bond donors (Lipinski definition) is 0. The minimum absolute atomic E-state index is 0.813. The standard InChI is InChI=1S/C52H35NO/c1-4-15-36(16-5-1)38-29-32-42(33-30-38)53(43-34-31-37-17-10-11-22-41(37)35-43)48-27-14-28-49-51(48)46-25-12-23-44(39-18-6-2-7-19-39)50(46)47-26-13-24-45(52(47)54-49)40-20-8-3-9-21-40/h1-35H. The highest BCUT2D eigenvalue weighted by Crippen LogP contribution is 2.56. The Balaban J connectivity index is 1.25. The molecule has 1 heterocycles. The van der Waals surface area contributed by atoms with E-state index in [0.29, 0.717) is 0 Å². The lowest BCUT2D eigenvalue weighted by atomic mass is 9.86. The molecule has 0 unspecified atom stereocenters. The van der Waals surface area contributed by atoms with Crippen LogP contribution in [0.2, 0.25) is 0 Å². The summed E-state index contributed by atoms with van der Waals surface area (Å²) >= 11 is 0. The predicted molar refractivity (Wildman–Crippen MR) is 226 cm³/mol. The summed E-state index contributed by atoms with van der Waals surface area (Å²) in [5.41, 5.74) is 14.4. The number of fused-ring (bicyclic) bond motifs is 6. The van der Waals surface area contributed by atoms with Crippen LogP contribution in [-0.4, -0.2) is 0 Å². The van der Waals surface area contributed by atoms with Crippen molar-refractivity contribution in [2.24, 2.45) is 0 Å². The molecule has 10 rings (SSSR count). The number of para-hydroxylation sites is 1. The number of benzene rings is 9. The maximum Gasteiger partial charge on any atom is 0.143 e. The summed E-state index contributed by atoms with van der Waals surface area (Å²) in [5.74, 6) is 1.67. The van der Waals surface area contributed by atoms with Crippen molar-refractivity contribution >= 4 is 27.8 Å². The molecule has 254 valence electrons. The van der Waals surface area contributed by atoms with Gasteiger partial charge >= 0.3 is 0 Å². The van der Waals surface area contributed by atoms with Gasteiger partial charge in [-0.2, -0.15) is 0 Å². The monoisotopic (exact) mass is 689 g/mol. The SMILES string of the molecule is c1ccc(-c2ccc(N(c3ccc4ccccc4c3)c3cccc4c3-c3cccc(-c5ccccc5)c3-c3cccc(-c5ccccc5)c3O4)cc2)cc1. The predicted octanol–water partition coefficient (Wildman–Crippen LogP) is 14.8. The molecule has 54 heavy (non-hydrogen) atoms. The average molecular weight is 690 g/mol. The Morgan fingerprint density at radius 1 is 0.315 bits per heavy atom. The van der Waals surface area contributed by atoms with Gasteiger partial charge in [-0.1, -0.05) is 176 Å². The fourth-order valence-corrected chi connectivity index (χ4v) is 7.95. The fourth-order valence-electron chi connectivity index (χ4n) is 7.95. The molecule has 0 amide bonds. The fraction of sp³-hybridized carbons (Fsp3) is 0. The Morgan fingerprint density at radius 2 is 0.852 bits per heavy atom. The van der Waals surface area contributed by atoms with Crippen molar-refractivity contribution in [1.82, 2.24) is 0 Å². The van der Waals surface area contributed by atoms with Gasteiger partial charge in [-0.15, -0.1) is 0 Å². The molecule has 0 aromatic heterocycles. The second kappa shape index (κ2) is 13.4. The van der Waals surface area contributed by atoms with E-state index in [1.54, 1.807) is 0 Å². The molecular weight excluding hydrogens is 655 g/mol. The first-order valence-electron chi connectivity index (χ1n) is 18.4. The van der Waals surface area contributed by atoms with Crippen LogP contribution in [0.3, 0.4) is 0 Å². The van der Waals surface area contributed by atoms with Crippen molar-refractivity contribution in [2.75, 3.05) is 4.90 Å². The van der Waals surface area contributed by atoms with Gasteiger partial charge < -0.3 is 9.64 Å². The summed E-state index contributed by atoms with van der Waals surface area (Å²) in [6, 6.07) is 75.7. The van der Waals surface area contributed by atoms with E-state index in [0.717, 1.165) is 73.1 Å². The first-order chi connectivity index (χ1) is 26.8. The summed E-state index contributed by atoms with van der Waals surface area (Å²) in [6.07, 6.45) is 0. The van der Waals surface area contributed by atoms with Gasteiger partial charge in [0.05, 0.1) is 5.69 Å². The van der Waals surface area contributed by atoms with E-state index in [1.165, 1.54) is 21.9 Å². The molecule has 0 aliphatic carbocycles. The molecule has 9 aromatic carbocycles. The molecule has 0 fully saturated rings. The van der Waals surface area contributed by atoms with E-state index in [1.807, 2.05) is 0 Å². The van der Waals surface area contributed by atoms with E-state index >= 15 is 0 Å². The van der Waals surface area contributed by atoms with Crippen LogP contribution in [0, 0.1) is 0 Å². The Labute approximate surface area is 315 Å². The van der Waals surface area contributed by atoms with Gasteiger partial charge in [0.2, 0.25) is 0 Å². The third-order valence-electron chi connectivity index (χ3n) is 10.5. The second-order valence-electron chi connectivity index (χ2n) is 13.7. The van der Waals surface area contributed by atoms with Crippen molar-refractivity contribution in [3.63, 3.8) is 0 Å². The molecule has 0 bridgehead atoms. The lowest BCUT2D eigenvalue weighted by molar-refractivity contribution is 0.489. The molecule has 0 atom stereocenters. The highest BCUT2D eigenvalue weighted by atomic mass is 16.5. The molecular formula is C52H35NO. The smallest absolute Gasteiger partial charge is 0.143 e. The van der Waals surface area contributed by atoms with E-state index in [2.05, 4.69) is 217 Å². The van der Waals surface area contributed by atoms with E-state index in [4.69, 9.17) is 4.74 Å². The third-order valence-corrected chi connectivity index (χ3v) is 10.5. The van der Waals surface area contributed by atoms with Gasteiger partial charge in [-0.25, -0.2) is 0 Å². The van der Waals surface area contributed by atoms with Gasteiger partial charge in [0.1, 0.15) is 11.5 Å². The number of anilines is 3. The van der Waals surface area contributed by atoms with Gasteiger partial charge in [0.15, 0.2) is 0 Å². The van der Waals surface area contributed by atoms with Gasteiger partial charge in [0.25, 0.3) is 0 Å². The van der Waals surface area contributed by atoms with E-state index in [-0.39, 0.29) is 0 Å². The Bertz CT molecular complexity index is 2770. The van der Waals surface area contributed by atoms with Crippen LogP contribution in [0.15, 0.2) is 212 Å². The molecule has 0 saturated heterocycles. The summed E-state index contributed by atoms with van der Waals surface area (Å²) in [6.45, 7) is 0.